The van der Waals surface area contributed by atoms with E-state index in [2.05, 4.69) is 39.3 Å². The summed E-state index contributed by atoms with van der Waals surface area (Å²) >= 11 is 0. The molecule has 2 rings (SSSR count). The van der Waals surface area contributed by atoms with Gasteiger partial charge >= 0.3 is 0 Å². The fraction of sp³-hybridized carbons (Fsp3) is 0.389. The number of aromatic nitrogens is 3. The number of guanidine groups is 1. The molecule has 2 aromatic rings. The summed E-state index contributed by atoms with van der Waals surface area (Å²) in [5.74, 6) is 3.23. The second kappa shape index (κ2) is 9.46. The van der Waals surface area contributed by atoms with Gasteiger partial charge < -0.3 is 19.9 Å². The molecule has 0 saturated heterocycles. The highest BCUT2D eigenvalue weighted by Gasteiger charge is 2.05. The number of benzene rings is 1. The molecule has 134 valence electrons. The van der Waals surface area contributed by atoms with Crippen molar-refractivity contribution < 1.29 is 4.74 Å². The maximum atomic E-state index is 5.71. The van der Waals surface area contributed by atoms with Crippen molar-refractivity contribution >= 4 is 5.96 Å². The molecule has 0 amide bonds. The molecule has 0 atom stereocenters. The molecule has 0 bridgehead atoms. The summed E-state index contributed by atoms with van der Waals surface area (Å²) < 4.78 is 7.63. The molecule has 2 N–H and O–H groups in total. The molecule has 25 heavy (non-hydrogen) atoms. The smallest absolute Gasteiger partial charge is 0.192 e. The highest BCUT2D eigenvalue weighted by Crippen LogP contribution is 2.10. The monoisotopic (exact) mass is 342 g/mol. The Morgan fingerprint density at radius 1 is 1.24 bits per heavy atom. The Morgan fingerprint density at radius 2 is 2.00 bits per heavy atom. The number of aryl methyl sites for hydroxylation is 2. The second-order valence-electron chi connectivity index (χ2n) is 5.65. The van der Waals surface area contributed by atoms with E-state index in [1.54, 1.807) is 6.08 Å². The molecule has 1 aromatic heterocycles. The van der Waals surface area contributed by atoms with Crippen LogP contribution in [0.2, 0.25) is 0 Å². The van der Waals surface area contributed by atoms with Crippen LogP contribution in [0.3, 0.4) is 0 Å². The maximum absolute atomic E-state index is 5.71. The van der Waals surface area contributed by atoms with E-state index in [1.807, 2.05) is 42.8 Å². The Labute approximate surface area is 148 Å². The number of nitrogens with one attached hydrogen (secondary N) is 2. The van der Waals surface area contributed by atoms with Crippen LogP contribution < -0.4 is 15.4 Å². The molecule has 0 saturated carbocycles. The lowest BCUT2D eigenvalue weighted by Gasteiger charge is -2.12. The van der Waals surface area contributed by atoms with Gasteiger partial charge in [0, 0.05) is 13.6 Å². The van der Waals surface area contributed by atoms with Gasteiger partial charge in [0.05, 0.1) is 6.54 Å². The van der Waals surface area contributed by atoms with Crippen LogP contribution in [0.4, 0.5) is 0 Å². The Balaban J connectivity index is 1.84. The topological polar surface area (TPSA) is 76.4 Å². The summed E-state index contributed by atoms with van der Waals surface area (Å²) in [5, 5.41) is 14.6. The van der Waals surface area contributed by atoms with E-state index in [9.17, 15) is 0 Å². The van der Waals surface area contributed by atoms with Crippen molar-refractivity contribution in [3.8, 4) is 5.75 Å². The fourth-order valence-electron chi connectivity index (χ4n) is 2.05. The minimum absolute atomic E-state index is 0.447. The lowest BCUT2D eigenvalue weighted by molar-refractivity contribution is 0.322. The summed E-state index contributed by atoms with van der Waals surface area (Å²) in [6, 6.07) is 8.00. The first kappa shape index (κ1) is 18.5. The number of aliphatic imine (C=N–C) groups is 1. The van der Waals surface area contributed by atoms with Crippen LogP contribution in [0.15, 0.2) is 41.9 Å². The van der Waals surface area contributed by atoms with Crippen LogP contribution >= 0.6 is 0 Å². The van der Waals surface area contributed by atoms with Gasteiger partial charge in [0.1, 0.15) is 24.7 Å². The number of nitrogens with zero attached hydrogens (tertiary/aromatic N) is 4. The third kappa shape index (κ3) is 5.95. The van der Waals surface area contributed by atoms with E-state index in [0.717, 1.165) is 17.4 Å². The minimum atomic E-state index is 0.447. The van der Waals surface area contributed by atoms with Crippen LogP contribution in [0.5, 0.6) is 5.75 Å². The quantitative estimate of drug-likeness (QED) is 0.331. The van der Waals surface area contributed by atoms with Crippen molar-refractivity contribution in [2.75, 3.05) is 19.7 Å². The zero-order chi connectivity index (χ0) is 18.1. The summed E-state index contributed by atoms with van der Waals surface area (Å²) in [6.45, 7) is 9.93. The first-order valence-corrected chi connectivity index (χ1v) is 8.27. The van der Waals surface area contributed by atoms with E-state index in [0.29, 0.717) is 32.2 Å². The summed E-state index contributed by atoms with van der Waals surface area (Å²) in [7, 11) is 1.93. The first-order valence-electron chi connectivity index (χ1n) is 8.27. The Hall–Kier alpha value is -2.83. The van der Waals surface area contributed by atoms with Crippen molar-refractivity contribution in [1.82, 2.24) is 25.4 Å². The zero-order valence-corrected chi connectivity index (χ0v) is 15.1. The van der Waals surface area contributed by atoms with E-state index in [4.69, 9.17) is 4.74 Å². The zero-order valence-electron chi connectivity index (χ0n) is 15.1. The maximum Gasteiger partial charge on any atom is 0.192 e. The number of rotatable bonds is 8. The highest BCUT2D eigenvalue weighted by atomic mass is 16.5. The average molecular weight is 342 g/mol. The molecule has 0 aliphatic rings. The lowest BCUT2D eigenvalue weighted by Crippen LogP contribution is -2.39. The van der Waals surface area contributed by atoms with Gasteiger partial charge in [-0.15, -0.1) is 16.8 Å². The van der Waals surface area contributed by atoms with E-state index < -0.39 is 0 Å². The molecular weight excluding hydrogens is 316 g/mol. The van der Waals surface area contributed by atoms with Gasteiger partial charge in [0.25, 0.3) is 0 Å². The number of ether oxygens (including phenoxy) is 1. The van der Waals surface area contributed by atoms with Crippen molar-refractivity contribution in [1.29, 1.82) is 0 Å². The Bertz CT molecular complexity index is 705. The predicted octanol–water partition coefficient (Wildman–Crippen LogP) is 1.73. The lowest BCUT2D eigenvalue weighted by atomic mass is 10.2. The van der Waals surface area contributed by atoms with Crippen molar-refractivity contribution in [2.24, 2.45) is 12.0 Å². The van der Waals surface area contributed by atoms with E-state index in [1.165, 1.54) is 5.56 Å². The van der Waals surface area contributed by atoms with Crippen LogP contribution in [-0.2, 0) is 13.6 Å². The van der Waals surface area contributed by atoms with Gasteiger partial charge in [-0.3, -0.25) is 0 Å². The van der Waals surface area contributed by atoms with Gasteiger partial charge in [-0.05, 0) is 26.0 Å². The van der Waals surface area contributed by atoms with Crippen LogP contribution in [0, 0.1) is 13.8 Å². The van der Waals surface area contributed by atoms with Gasteiger partial charge in [0.15, 0.2) is 11.8 Å². The van der Waals surface area contributed by atoms with Crippen LogP contribution in [0.1, 0.15) is 17.2 Å². The molecule has 0 spiro atoms. The highest BCUT2D eigenvalue weighted by molar-refractivity contribution is 5.79. The molecule has 7 heteroatoms. The third-order valence-electron chi connectivity index (χ3n) is 3.66. The summed E-state index contributed by atoms with van der Waals surface area (Å²) in [5.41, 5.74) is 1.22. The molecule has 1 aromatic carbocycles. The predicted molar refractivity (Wildman–Crippen MR) is 99.8 cm³/mol. The van der Waals surface area contributed by atoms with E-state index in [-0.39, 0.29) is 0 Å². The minimum Gasteiger partial charge on any atom is -0.492 e. The molecule has 0 unspecified atom stereocenters. The van der Waals surface area contributed by atoms with Gasteiger partial charge in [0.2, 0.25) is 0 Å². The molecule has 1 heterocycles. The summed E-state index contributed by atoms with van der Waals surface area (Å²) in [6.07, 6.45) is 1.78. The molecular formula is C18H26N6O. The molecule has 0 fully saturated rings. The SMILES string of the molecule is C=CCNC(=NCc1nnc(C)n1C)NCCOc1ccc(C)cc1. The molecule has 0 aliphatic heterocycles. The van der Waals surface area contributed by atoms with Crippen LogP contribution in [0.25, 0.3) is 0 Å². The average Bonchev–Trinajstić information content (AvgIpc) is 2.93. The largest absolute Gasteiger partial charge is 0.492 e. The molecule has 7 nitrogen and oxygen atoms in total. The first-order chi connectivity index (χ1) is 12.1. The summed E-state index contributed by atoms with van der Waals surface area (Å²) in [4.78, 5) is 4.53. The standard InChI is InChI=1S/C18H26N6O/c1-5-10-19-18(21-13-17-23-22-15(3)24(17)4)20-11-12-25-16-8-6-14(2)7-9-16/h5-9H,1,10-13H2,2-4H3,(H2,19,20,21). The Morgan fingerprint density at radius 3 is 2.64 bits per heavy atom. The van der Waals surface area contributed by atoms with Crippen LogP contribution in [-0.4, -0.2) is 40.4 Å². The second-order valence-corrected chi connectivity index (χ2v) is 5.65. The van der Waals surface area contributed by atoms with Crippen molar-refractivity contribution in [3.63, 3.8) is 0 Å². The third-order valence-corrected chi connectivity index (χ3v) is 3.66. The normalized spacial score (nSPS) is 11.2. The van der Waals surface area contributed by atoms with Crippen molar-refractivity contribution in [2.45, 2.75) is 20.4 Å². The van der Waals surface area contributed by atoms with Gasteiger partial charge in [-0.25, -0.2) is 4.99 Å². The van der Waals surface area contributed by atoms with E-state index >= 15 is 0 Å². The number of hydrogen-bond donors (Lipinski definition) is 2. The number of hydrogen-bond acceptors (Lipinski definition) is 4. The van der Waals surface area contributed by atoms with Gasteiger partial charge in [-0.2, -0.15) is 0 Å². The van der Waals surface area contributed by atoms with Crippen molar-refractivity contribution in [3.05, 3.63) is 54.1 Å². The fourth-order valence-corrected chi connectivity index (χ4v) is 2.05. The molecule has 0 aliphatic carbocycles. The van der Waals surface area contributed by atoms with Gasteiger partial charge in [-0.1, -0.05) is 23.8 Å². The Kier molecular flexibility index (Phi) is 7.00. The molecule has 0 radical (unpaired) electrons.